The Morgan fingerprint density at radius 3 is 2.62 bits per heavy atom. The molecule has 0 radical (unpaired) electrons. The lowest BCUT2D eigenvalue weighted by Crippen LogP contribution is -2.16. The maximum Gasteiger partial charge on any atom is 0.255 e. The Kier molecular flexibility index (Phi) is 4.21. The molecule has 7 nitrogen and oxygen atoms in total. The van der Waals surface area contributed by atoms with Gasteiger partial charge in [-0.05, 0) is 30.3 Å². The number of carbonyl (C=O) groups is 2. The second-order valence-corrected chi connectivity index (χ2v) is 5.02. The Labute approximate surface area is 137 Å². The Balaban J connectivity index is 1.81. The van der Waals surface area contributed by atoms with Crippen molar-refractivity contribution in [3.63, 3.8) is 0 Å². The highest BCUT2D eigenvalue weighted by Gasteiger charge is 2.11. The van der Waals surface area contributed by atoms with Gasteiger partial charge in [-0.15, -0.1) is 0 Å². The van der Waals surface area contributed by atoms with Crippen LogP contribution in [0.15, 0.2) is 48.8 Å². The molecule has 0 bridgehead atoms. The van der Waals surface area contributed by atoms with E-state index in [1.165, 1.54) is 0 Å². The number of para-hydroxylation sites is 2. The standard InChI is InChI=1S/C17H13N5O2/c18-8-7-16(23)21-13-3-1-2-4-14(13)22-17(24)11-5-6-12-15(9-11)20-10-19-12/h1-6,9-10H,7H2,(H,19,20)(H,21,23)(H,22,24). The van der Waals surface area contributed by atoms with Crippen LogP contribution in [-0.4, -0.2) is 21.8 Å². The van der Waals surface area contributed by atoms with E-state index in [0.717, 1.165) is 11.0 Å². The summed E-state index contributed by atoms with van der Waals surface area (Å²) in [4.78, 5) is 31.1. The predicted molar refractivity (Wildman–Crippen MR) is 89.3 cm³/mol. The normalized spacial score (nSPS) is 10.1. The molecule has 0 saturated heterocycles. The van der Waals surface area contributed by atoms with Crippen LogP contribution in [0.25, 0.3) is 11.0 Å². The molecule has 7 heteroatoms. The summed E-state index contributed by atoms with van der Waals surface area (Å²) in [5, 5.41) is 13.9. The van der Waals surface area contributed by atoms with Crippen molar-refractivity contribution in [2.45, 2.75) is 6.42 Å². The average Bonchev–Trinajstić information content (AvgIpc) is 3.04. The smallest absolute Gasteiger partial charge is 0.255 e. The van der Waals surface area contributed by atoms with Crippen molar-refractivity contribution in [2.75, 3.05) is 10.6 Å². The van der Waals surface area contributed by atoms with Crippen LogP contribution in [0.3, 0.4) is 0 Å². The van der Waals surface area contributed by atoms with Gasteiger partial charge in [-0.25, -0.2) is 4.98 Å². The topological polar surface area (TPSA) is 111 Å². The first-order chi connectivity index (χ1) is 11.7. The molecule has 24 heavy (non-hydrogen) atoms. The molecule has 1 heterocycles. The number of nitriles is 1. The molecule has 118 valence electrons. The van der Waals surface area contributed by atoms with E-state index >= 15 is 0 Å². The number of benzene rings is 2. The summed E-state index contributed by atoms with van der Waals surface area (Å²) >= 11 is 0. The second-order valence-electron chi connectivity index (χ2n) is 5.02. The van der Waals surface area contributed by atoms with E-state index < -0.39 is 5.91 Å². The maximum atomic E-state index is 12.4. The molecule has 3 aromatic rings. The molecule has 0 spiro atoms. The van der Waals surface area contributed by atoms with Crippen molar-refractivity contribution in [1.82, 2.24) is 9.97 Å². The number of hydrogen-bond acceptors (Lipinski definition) is 4. The van der Waals surface area contributed by atoms with E-state index in [9.17, 15) is 9.59 Å². The van der Waals surface area contributed by atoms with Gasteiger partial charge in [-0.3, -0.25) is 9.59 Å². The molecule has 0 atom stereocenters. The number of hydrogen-bond donors (Lipinski definition) is 3. The van der Waals surface area contributed by atoms with E-state index in [0.29, 0.717) is 16.9 Å². The second kappa shape index (κ2) is 6.62. The third-order valence-corrected chi connectivity index (χ3v) is 3.37. The van der Waals surface area contributed by atoms with Crippen LogP contribution < -0.4 is 10.6 Å². The van der Waals surface area contributed by atoms with Crippen molar-refractivity contribution in [3.8, 4) is 6.07 Å². The predicted octanol–water partition coefficient (Wildman–Crippen LogP) is 2.67. The largest absolute Gasteiger partial charge is 0.345 e. The first kappa shape index (κ1) is 15.2. The van der Waals surface area contributed by atoms with Crippen LogP contribution in [0.2, 0.25) is 0 Å². The molecular formula is C17H13N5O2. The molecule has 2 amide bonds. The van der Waals surface area contributed by atoms with Crippen LogP contribution in [-0.2, 0) is 4.79 Å². The fourth-order valence-electron chi connectivity index (χ4n) is 2.24. The first-order valence-corrected chi connectivity index (χ1v) is 7.17. The number of anilines is 2. The van der Waals surface area contributed by atoms with Crippen LogP contribution in [0, 0.1) is 11.3 Å². The number of nitrogens with one attached hydrogen (secondary N) is 3. The van der Waals surface area contributed by atoms with Crippen LogP contribution in [0.5, 0.6) is 0 Å². The minimum absolute atomic E-state index is 0.251. The number of carbonyl (C=O) groups excluding carboxylic acids is 2. The Morgan fingerprint density at radius 1 is 1.12 bits per heavy atom. The van der Waals surface area contributed by atoms with Gasteiger partial charge >= 0.3 is 0 Å². The molecule has 3 rings (SSSR count). The lowest BCUT2D eigenvalue weighted by atomic mass is 10.1. The fraction of sp³-hybridized carbons (Fsp3) is 0.0588. The Bertz CT molecular complexity index is 955. The van der Waals surface area contributed by atoms with Crippen LogP contribution in [0.1, 0.15) is 16.8 Å². The zero-order valence-electron chi connectivity index (χ0n) is 12.5. The van der Waals surface area contributed by atoms with E-state index in [1.54, 1.807) is 54.9 Å². The highest BCUT2D eigenvalue weighted by Crippen LogP contribution is 2.22. The molecule has 3 N–H and O–H groups in total. The van der Waals surface area contributed by atoms with Crippen molar-refractivity contribution >= 4 is 34.2 Å². The lowest BCUT2D eigenvalue weighted by Gasteiger charge is -2.11. The molecular weight excluding hydrogens is 306 g/mol. The van der Waals surface area contributed by atoms with Crippen LogP contribution >= 0.6 is 0 Å². The van der Waals surface area contributed by atoms with Gasteiger partial charge in [-0.1, -0.05) is 12.1 Å². The van der Waals surface area contributed by atoms with Gasteiger partial charge in [0.1, 0.15) is 6.42 Å². The number of aromatic amines is 1. The zero-order valence-corrected chi connectivity index (χ0v) is 12.5. The maximum absolute atomic E-state index is 12.4. The highest BCUT2D eigenvalue weighted by atomic mass is 16.2. The molecule has 0 aliphatic rings. The van der Waals surface area contributed by atoms with Crippen molar-refractivity contribution in [3.05, 3.63) is 54.4 Å². The molecule has 0 fully saturated rings. The van der Waals surface area contributed by atoms with E-state index in [4.69, 9.17) is 5.26 Å². The van der Waals surface area contributed by atoms with Gasteiger partial charge in [0, 0.05) is 5.56 Å². The van der Waals surface area contributed by atoms with E-state index in [-0.39, 0.29) is 12.3 Å². The van der Waals surface area contributed by atoms with E-state index in [1.807, 2.05) is 0 Å². The van der Waals surface area contributed by atoms with Gasteiger partial charge in [0.25, 0.3) is 5.91 Å². The number of amides is 2. The molecule has 0 aliphatic carbocycles. The minimum atomic E-state index is -0.432. The number of H-pyrrole nitrogens is 1. The molecule has 0 aliphatic heterocycles. The minimum Gasteiger partial charge on any atom is -0.345 e. The summed E-state index contributed by atoms with van der Waals surface area (Å²) < 4.78 is 0. The molecule has 0 saturated carbocycles. The summed E-state index contributed by atoms with van der Waals surface area (Å²) in [5.74, 6) is -0.744. The molecule has 0 unspecified atom stereocenters. The lowest BCUT2D eigenvalue weighted by molar-refractivity contribution is -0.115. The van der Waals surface area contributed by atoms with Crippen LogP contribution in [0.4, 0.5) is 11.4 Å². The summed E-state index contributed by atoms with van der Waals surface area (Å²) in [6.45, 7) is 0. The third-order valence-electron chi connectivity index (χ3n) is 3.37. The van der Waals surface area contributed by atoms with E-state index in [2.05, 4.69) is 20.6 Å². The number of rotatable bonds is 4. The number of nitrogens with zero attached hydrogens (tertiary/aromatic N) is 2. The van der Waals surface area contributed by atoms with Gasteiger partial charge in [0.2, 0.25) is 5.91 Å². The van der Waals surface area contributed by atoms with Gasteiger partial charge in [-0.2, -0.15) is 5.26 Å². The summed E-state index contributed by atoms with van der Waals surface area (Å²) in [5.41, 5.74) is 2.89. The monoisotopic (exact) mass is 319 g/mol. The quantitative estimate of drug-likeness (QED) is 0.686. The SMILES string of the molecule is N#CCC(=O)Nc1ccccc1NC(=O)c1ccc2nc[nH]c2c1. The highest BCUT2D eigenvalue weighted by molar-refractivity contribution is 6.08. The summed E-state index contributed by atoms with van der Waals surface area (Å²) in [6, 6.07) is 13.7. The zero-order chi connectivity index (χ0) is 16.9. The van der Waals surface area contributed by atoms with Crippen molar-refractivity contribution < 1.29 is 9.59 Å². The van der Waals surface area contributed by atoms with Crippen molar-refractivity contribution in [1.29, 1.82) is 5.26 Å². The summed E-state index contributed by atoms with van der Waals surface area (Å²) in [7, 11) is 0. The number of fused-ring (bicyclic) bond motifs is 1. The summed E-state index contributed by atoms with van der Waals surface area (Å²) in [6.07, 6.45) is 1.31. The molecule has 2 aromatic carbocycles. The number of aromatic nitrogens is 2. The van der Waals surface area contributed by atoms with Gasteiger partial charge in [0.05, 0.1) is 34.8 Å². The molecule has 1 aromatic heterocycles. The first-order valence-electron chi connectivity index (χ1n) is 7.17. The third kappa shape index (κ3) is 3.23. The fourth-order valence-corrected chi connectivity index (χ4v) is 2.24. The average molecular weight is 319 g/mol. The Hall–Kier alpha value is -3.66. The van der Waals surface area contributed by atoms with Gasteiger partial charge in [0.15, 0.2) is 0 Å². The van der Waals surface area contributed by atoms with Gasteiger partial charge < -0.3 is 15.6 Å². The van der Waals surface area contributed by atoms with Crippen molar-refractivity contribution in [2.24, 2.45) is 0 Å². The number of imidazole rings is 1. The Morgan fingerprint density at radius 2 is 1.88 bits per heavy atom.